The molecule has 0 spiro atoms. The summed E-state index contributed by atoms with van der Waals surface area (Å²) >= 11 is 0. The Morgan fingerprint density at radius 3 is 2.53 bits per heavy atom. The first kappa shape index (κ1) is 16.2. The first-order chi connectivity index (χ1) is 8.60. The zero-order valence-electron chi connectivity index (χ0n) is 10.6. The number of halogens is 1. The van der Waals surface area contributed by atoms with Gasteiger partial charge in [0.1, 0.15) is 5.82 Å². The van der Waals surface area contributed by atoms with Gasteiger partial charge in [-0.3, -0.25) is 4.79 Å². The Hall–Kier alpha value is -0.806. The number of amides is 1. The fourth-order valence-electron chi connectivity index (χ4n) is 1.97. The zero-order chi connectivity index (χ0) is 13.2. The molecule has 0 aliphatic heterocycles. The minimum atomic E-state index is -0.680. The average molecular weight is 338 g/mol. The summed E-state index contributed by atoms with van der Waals surface area (Å²) in [5, 5.41) is 5.33. The topological polar surface area (TPSA) is 58.2 Å². The molecule has 4 nitrogen and oxygen atoms in total. The van der Waals surface area contributed by atoms with Crippen molar-refractivity contribution in [3.05, 3.63) is 29.6 Å². The van der Waals surface area contributed by atoms with Crippen molar-refractivity contribution in [2.45, 2.75) is 24.8 Å². The third kappa shape index (κ3) is 3.39. The average Bonchev–Trinajstić information content (AvgIpc) is 2.33. The van der Waals surface area contributed by atoms with E-state index in [0.717, 1.165) is 6.42 Å². The van der Waals surface area contributed by atoms with Gasteiger partial charge in [0.25, 0.3) is 5.91 Å². The molecule has 0 saturated heterocycles. The number of rotatable bonds is 4. The number of anilines is 1. The smallest absolute Gasteiger partial charge is 0.253 e. The summed E-state index contributed by atoms with van der Waals surface area (Å²) in [6.45, 7) is 0. The van der Waals surface area contributed by atoms with Crippen molar-refractivity contribution in [2.75, 3.05) is 12.4 Å². The molecule has 0 bridgehead atoms. The quantitative estimate of drug-likeness (QED) is 0.821. The molecule has 0 heterocycles. The molecule has 0 unspecified atom stereocenters. The predicted octanol–water partition coefficient (Wildman–Crippen LogP) is 1.63. The third-order valence-corrected chi connectivity index (χ3v) is 3.23. The second-order valence-electron chi connectivity index (χ2n) is 4.44. The molecule has 2 rings (SSSR count). The Bertz CT molecular complexity index is 490. The van der Waals surface area contributed by atoms with Crippen LogP contribution >= 0.6 is 0 Å². The van der Waals surface area contributed by atoms with Crippen LogP contribution in [0.5, 0.6) is 0 Å². The number of nitrogens with one attached hydrogen (secondary N) is 2. The van der Waals surface area contributed by atoms with E-state index >= 15 is 0 Å². The first-order valence-corrected chi connectivity index (χ1v) is 5.79. The molecule has 0 aromatic heterocycles. The first-order valence-electron chi connectivity index (χ1n) is 5.79. The van der Waals surface area contributed by atoms with Crippen molar-refractivity contribution < 1.29 is 46.7 Å². The Kier molecular flexibility index (Phi) is 5.62. The van der Waals surface area contributed by atoms with Crippen LogP contribution in [-0.2, 0) is 37.5 Å². The normalized spacial score (nSPS) is 15.7. The van der Waals surface area contributed by atoms with Gasteiger partial charge in [-0.05, 0) is 18.2 Å². The van der Waals surface area contributed by atoms with Crippen LogP contribution in [0.3, 0.4) is 0 Å². The summed E-state index contributed by atoms with van der Waals surface area (Å²) in [5.74, 6) is -1.08. The molecular weight excluding hydrogens is 324 g/mol. The van der Waals surface area contributed by atoms with Gasteiger partial charge in [0.2, 0.25) is 0 Å². The standard InChI is InChI=1S/C13H14FN2O2.Y/c1-15-12(18)10-4-3-9(7-11(10)14)16-13(8-17)5-2-6-13;/h3-4,7,16H,2,5-6H2,1H3,(H,15,18);/q-1;. The number of benzene rings is 1. The molecule has 6 heteroatoms. The molecule has 0 atom stereocenters. The van der Waals surface area contributed by atoms with Crippen LogP contribution in [0.4, 0.5) is 10.1 Å². The van der Waals surface area contributed by atoms with E-state index in [1.807, 2.05) is 6.29 Å². The van der Waals surface area contributed by atoms with E-state index in [9.17, 15) is 14.0 Å². The molecule has 1 amide bonds. The van der Waals surface area contributed by atoms with Gasteiger partial charge in [-0.2, -0.15) is 0 Å². The van der Waals surface area contributed by atoms with Gasteiger partial charge < -0.3 is 15.4 Å². The zero-order valence-corrected chi connectivity index (χ0v) is 13.5. The maximum atomic E-state index is 13.7. The molecule has 1 aromatic rings. The SMILES string of the molecule is CNC(=O)c1ccc(NC2([C-]=O)CCC2)cc1F.[Y]. The van der Waals surface area contributed by atoms with E-state index in [1.54, 1.807) is 6.07 Å². The van der Waals surface area contributed by atoms with Crippen LogP contribution in [0.15, 0.2) is 18.2 Å². The molecule has 1 radical (unpaired) electrons. The molecule has 1 saturated carbocycles. The van der Waals surface area contributed by atoms with Crippen LogP contribution in [0.25, 0.3) is 0 Å². The van der Waals surface area contributed by atoms with Gasteiger partial charge in [0, 0.05) is 45.4 Å². The Morgan fingerprint density at radius 2 is 2.11 bits per heavy atom. The summed E-state index contributed by atoms with van der Waals surface area (Å²) < 4.78 is 13.7. The van der Waals surface area contributed by atoms with E-state index < -0.39 is 17.3 Å². The monoisotopic (exact) mass is 338 g/mol. The van der Waals surface area contributed by atoms with Crippen LogP contribution in [-0.4, -0.2) is 24.8 Å². The Morgan fingerprint density at radius 1 is 1.42 bits per heavy atom. The molecule has 1 aliphatic carbocycles. The summed E-state index contributed by atoms with van der Waals surface area (Å²) in [7, 11) is 1.44. The summed E-state index contributed by atoms with van der Waals surface area (Å²) in [5.41, 5.74) is -0.204. The number of carbonyl (C=O) groups is 1. The van der Waals surface area contributed by atoms with Gasteiger partial charge in [-0.15, -0.1) is 0 Å². The van der Waals surface area contributed by atoms with Crippen molar-refractivity contribution in [1.82, 2.24) is 5.32 Å². The summed E-state index contributed by atoms with van der Waals surface area (Å²) in [4.78, 5) is 22.2. The van der Waals surface area contributed by atoms with E-state index in [2.05, 4.69) is 10.6 Å². The minimum absolute atomic E-state index is 0. The molecule has 1 fully saturated rings. The van der Waals surface area contributed by atoms with Crippen LogP contribution in [0.1, 0.15) is 29.6 Å². The molecule has 1 aliphatic rings. The third-order valence-electron chi connectivity index (χ3n) is 3.23. The van der Waals surface area contributed by atoms with Crippen molar-refractivity contribution in [1.29, 1.82) is 0 Å². The maximum absolute atomic E-state index is 13.7. The van der Waals surface area contributed by atoms with Crippen LogP contribution < -0.4 is 10.6 Å². The van der Waals surface area contributed by atoms with E-state index in [0.29, 0.717) is 18.5 Å². The van der Waals surface area contributed by atoms with Crippen molar-refractivity contribution in [2.24, 2.45) is 0 Å². The van der Waals surface area contributed by atoms with Crippen LogP contribution in [0.2, 0.25) is 0 Å². The van der Waals surface area contributed by atoms with Crippen molar-refractivity contribution in [3.8, 4) is 0 Å². The predicted molar refractivity (Wildman–Crippen MR) is 65.7 cm³/mol. The van der Waals surface area contributed by atoms with E-state index in [4.69, 9.17) is 0 Å². The molecule has 19 heavy (non-hydrogen) atoms. The second-order valence-corrected chi connectivity index (χ2v) is 4.44. The maximum Gasteiger partial charge on any atom is 0.253 e. The molecular formula is C13H14FN2O2Y-. The summed E-state index contributed by atoms with van der Waals surface area (Å²) in [6, 6.07) is 4.21. The van der Waals surface area contributed by atoms with Gasteiger partial charge in [0.15, 0.2) is 0 Å². The largest absolute Gasteiger partial charge is 0.540 e. The number of hydrogen-bond donors (Lipinski definition) is 2. The molecule has 2 N–H and O–H groups in total. The van der Waals surface area contributed by atoms with Crippen LogP contribution in [0, 0.1) is 5.82 Å². The minimum Gasteiger partial charge on any atom is -0.540 e. The summed E-state index contributed by atoms with van der Waals surface area (Å²) in [6.07, 6.45) is 4.34. The van der Waals surface area contributed by atoms with E-state index in [-0.39, 0.29) is 38.3 Å². The number of hydrogen-bond acceptors (Lipinski definition) is 3. The second kappa shape index (κ2) is 6.57. The van der Waals surface area contributed by atoms with E-state index in [1.165, 1.54) is 19.2 Å². The Balaban J connectivity index is 0.00000180. The molecule has 99 valence electrons. The van der Waals surface area contributed by atoms with Gasteiger partial charge >= 0.3 is 0 Å². The van der Waals surface area contributed by atoms with Gasteiger partial charge in [0.05, 0.1) is 5.56 Å². The van der Waals surface area contributed by atoms with Crippen molar-refractivity contribution in [3.63, 3.8) is 0 Å². The fraction of sp³-hybridized carbons (Fsp3) is 0.385. The molecule has 1 aromatic carbocycles. The van der Waals surface area contributed by atoms with Gasteiger partial charge in [-0.1, -0.05) is 24.8 Å². The fourth-order valence-corrected chi connectivity index (χ4v) is 1.97. The van der Waals surface area contributed by atoms with Crippen molar-refractivity contribution >= 4 is 17.9 Å². The number of carbonyl (C=O) groups excluding carboxylic acids is 2. The van der Waals surface area contributed by atoms with Gasteiger partial charge in [-0.25, -0.2) is 10.7 Å². The Labute approximate surface area is 136 Å².